The van der Waals surface area contributed by atoms with E-state index in [1.54, 1.807) is 11.3 Å². The molecule has 0 amide bonds. The molecule has 0 spiro atoms. The van der Waals surface area contributed by atoms with Crippen molar-refractivity contribution in [2.24, 2.45) is 0 Å². The molecule has 102 valence electrons. The predicted octanol–water partition coefficient (Wildman–Crippen LogP) is 3.21. The van der Waals surface area contributed by atoms with Gasteiger partial charge in [-0.3, -0.25) is 4.57 Å². The highest BCUT2D eigenvalue weighted by Crippen LogP contribution is 2.42. The number of hydrogen-bond acceptors (Lipinski definition) is 4. The molecule has 0 saturated heterocycles. The van der Waals surface area contributed by atoms with E-state index in [-0.39, 0.29) is 0 Å². The van der Waals surface area contributed by atoms with Crippen LogP contribution < -0.4 is 0 Å². The Balaban J connectivity index is 1.80. The Morgan fingerprint density at radius 1 is 1.35 bits per heavy atom. The highest BCUT2D eigenvalue weighted by molar-refractivity contribution is 7.10. The highest BCUT2D eigenvalue weighted by Gasteiger charge is 2.27. The van der Waals surface area contributed by atoms with E-state index in [9.17, 15) is 0 Å². The van der Waals surface area contributed by atoms with Gasteiger partial charge in [0.15, 0.2) is 0 Å². The van der Waals surface area contributed by atoms with Gasteiger partial charge in [-0.1, -0.05) is 0 Å². The van der Waals surface area contributed by atoms with Gasteiger partial charge in [-0.05, 0) is 32.8 Å². The summed E-state index contributed by atoms with van der Waals surface area (Å²) in [5.41, 5.74) is 4.54. The van der Waals surface area contributed by atoms with Crippen LogP contribution >= 0.6 is 11.3 Å². The molecule has 1 aliphatic rings. The predicted molar refractivity (Wildman–Crippen MR) is 78.3 cm³/mol. The number of hydrogen-bond donors (Lipinski definition) is 1. The largest absolute Gasteiger partial charge is 0.287 e. The quantitative estimate of drug-likeness (QED) is 0.804. The summed E-state index contributed by atoms with van der Waals surface area (Å²) in [6.07, 6.45) is 4.12. The molecule has 3 aromatic rings. The molecule has 20 heavy (non-hydrogen) atoms. The van der Waals surface area contributed by atoms with E-state index in [0.717, 1.165) is 23.0 Å². The van der Waals surface area contributed by atoms with Gasteiger partial charge >= 0.3 is 0 Å². The van der Waals surface area contributed by atoms with Gasteiger partial charge in [-0.2, -0.15) is 10.1 Å². The van der Waals surface area contributed by atoms with E-state index in [0.29, 0.717) is 5.92 Å². The molecule has 6 heteroatoms. The summed E-state index contributed by atoms with van der Waals surface area (Å²) in [4.78, 5) is 9.04. The molecule has 0 unspecified atom stereocenters. The molecule has 1 aliphatic carbocycles. The zero-order valence-corrected chi connectivity index (χ0v) is 12.2. The molecule has 1 saturated carbocycles. The molecule has 3 aromatic heterocycles. The number of thiazole rings is 1. The molecule has 1 N–H and O–H groups in total. The Hall–Kier alpha value is -1.95. The van der Waals surface area contributed by atoms with E-state index in [1.807, 2.05) is 0 Å². The van der Waals surface area contributed by atoms with Crippen molar-refractivity contribution in [1.29, 1.82) is 0 Å². The van der Waals surface area contributed by atoms with Crippen molar-refractivity contribution in [3.8, 4) is 17.2 Å². The van der Waals surface area contributed by atoms with Crippen molar-refractivity contribution in [3.05, 3.63) is 34.2 Å². The van der Waals surface area contributed by atoms with Gasteiger partial charge in [-0.25, -0.2) is 10.1 Å². The fraction of sp³-hybridized carbons (Fsp3) is 0.357. The minimum atomic E-state index is 0.714. The van der Waals surface area contributed by atoms with Crippen LogP contribution in [0.1, 0.15) is 35.2 Å². The highest BCUT2D eigenvalue weighted by atomic mass is 32.1. The minimum absolute atomic E-state index is 0.714. The van der Waals surface area contributed by atoms with Crippen molar-refractivity contribution in [2.75, 3.05) is 0 Å². The third-order valence-electron chi connectivity index (χ3n) is 3.77. The maximum atomic E-state index is 4.80. The van der Waals surface area contributed by atoms with Gasteiger partial charge in [0.05, 0.1) is 10.7 Å². The molecule has 0 aromatic carbocycles. The Labute approximate surface area is 120 Å². The summed E-state index contributed by atoms with van der Waals surface area (Å²) >= 11 is 1.78. The second-order valence-corrected chi connectivity index (χ2v) is 6.16. The van der Waals surface area contributed by atoms with Gasteiger partial charge in [0, 0.05) is 28.2 Å². The molecule has 0 bridgehead atoms. The minimum Gasteiger partial charge on any atom is -0.287 e. The van der Waals surface area contributed by atoms with E-state index in [2.05, 4.69) is 45.0 Å². The molecule has 0 aliphatic heterocycles. The van der Waals surface area contributed by atoms with Crippen LogP contribution in [0.2, 0.25) is 0 Å². The average Bonchev–Trinajstić information content (AvgIpc) is 2.88. The van der Waals surface area contributed by atoms with Crippen LogP contribution in [0, 0.1) is 13.8 Å². The zero-order valence-electron chi connectivity index (χ0n) is 11.4. The first-order valence-corrected chi connectivity index (χ1v) is 7.62. The summed E-state index contributed by atoms with van der Waals surface area (Å²) in [7, 11) is 0. The second-order valence-electron chi connectivity index (χ2n) is 5.27. The average molecular weight is 285 g/mol. The Morgan fingerprint density at radius 2 is 2.20 bits per heavy atom. The van der Waals surface area contributed by atoms with Crippen molar-refractivity contribution in [3.63, 3.8) is 0 Å². The Bertz CT molecular complexity index is 749. The van der Waals surface area contributed by atoms with Crippen molar-refractivity contribution in [1.82, 2.24) is 24.7 Å². The van der Waals surface area contributed by atoms with Crippen LogP contribution in [0.3, 0.4) is 0 Å². The number of rotatable bonds is 3. The molecule has 5 nitrogen and oxygen atoms in total. The van der Waals surface area contributed by atoms with Crippen LogP contribution in [0.25, 0.3) is 17.2 Å². The Kier molecular flexibility index (Phi) is 2.53. The monoisotopic (exact) mass is 285 g/mol. The zero-order chi connectivity index (χ0) is 13.7. The standard InChI is InChI=1S/C14H15N5S/c1-8-5-11(9(2)19(8)14-15-7-16-18-14)12-6-20-13(17-12)10-3-4-10/h5-7,10H,3-4H2,1-2H3,(H,15,16,18). The smallest absolute Gasteiger partial charge is 0.229 e. The first-order chi connectivity index (χ1) is 9.74. The van der Waals surface area contributed by atoms with Gasteiger partial charge in [-0.15, -0.1) is 11.3 Å². The SMILES string of the molecule is Cc1cc(-c2csc(C3CC3)n2)c(C)n1-c1ncn[nH]1. The lowest BCUT2D eigenvalue weighted by Crippen LogP contribution is -2.01. The fourth-order valence-electron chi connectivity index (χ4n) is 2.58. The van der Waals surface area contributed by atoms with Gasteiger partial charge in [0.2, 0.25) is 5.95 Å². The summed E-state index contributed by atoms with van der Waals surface area (Å²) in [5.74, 6) is 1.47. The third-order valence-corrected chi connectivity index (χ3v) is 4.78. The van der Waals surface area contributed by atoms with Crippen LogP contribution in [0.4, 0.5) is 0 Å². The van der Waals surface area contributed by atoms with Crippen LogP contribution in [0.15, 0.2) is 17.8 Å². The van der Waals surface area contributed by atoms with E-state index < -0.39 is 0 Å². The lowest BCUT2D eigenvalue weighted by molar-refractivity contribution is 0.879. The van der Waals surface area contributed by atoms with Crippen LogP contribution in [0.5, 0.6) is 0 Å². The van der Waals surface area contributed by atoms with Crippen molar-refractivity contribution >= 4 is 11.3 Å². The number of H-pyrrole nitrogens is 1. The first-order valence-electron chi connectivity index (χ1n) is 6.74. The lowest BCUT2D eigenvalue weighted by atomic mass is 10.2. The molecule has 1 fully saturated rings. The number of aromatic amines is 1. The normalized spacial score (nSPS) is 14.9. The summed E-state index contributed by atoms with van der Waals surface area (Å²) in [5, 5.41) is 10.3. The first kappa shape index (κ1) is 11.8. The summed E-state index contributed by atoms with van der Waals surface area (Å²) in [6, 6.07) is 2.17. The van der Waals surface area contributed by atoms with Gasteiger partial charge < -0.3 is 0 Å². The molecule has 0 radical (unpaired) electrons. The molecular weight excluding hydrogens is 270 g/mol. The maximum absolute atomic E-state index is 4.80. The van der Waals surface area contributed by atoms with Crippen LogP contribution in [-0.4, -0.2) is 24.7 Å². The number of aryl methyl sites for hydroxylation is 1. The lowest BCUT2D eigenvalue weighted by Gasteiger charge is -2.04. The van der Waals surface area contributed by atoms with E-state index in [1.165, 1.54) is 29.7 Å². The number of nitrogens with zero attached hydrogens (tertiary/aromatic N) is 4. The maximum Gasteiger partial charge on any atom is 0.229 e. The van der Waals surface area contributed by atoms with Gasteiger partial charge in [0.25, 0.3) is 0 Å². The van der Waals surface area contributed by atoms with Crippen molar-refractivity contribution < 1.29 is 0 Å². The fourth-order valence-corrected chi connectivity index (χ4v) is 3.58. The number of aromatic nitrogens is 5. The second kappa shape index (κ2) is 4.28. The number of nitrogens with one attached hydrogen (secondary N) is 1. The van der Waals surface area contributed by atoms with Gasteiger partial charge in [0.1, 0.15) is 6.33 Å². The summed E-state index contributed by atoms with van der Waals surface area (Å²) < 4.78 is 2.08. The summed E-state index contributed by atoms with van der Waals surface area (Å²) in [6.45, 7) is 4.17. The molecular formula is C14H15N5S. The Morgan fingerprint density at radius 3 is 2.90 bits per heavy atom. The molecule has 3 heterocycles. The molecule has 0 atom stereocenters. The van der Waals surface area contributed by atoms with E-state index in [4.69, 9.17) is 4.98 Å². The third kappa shape index (κ3) is 1.79. The van der Waals surface area contributed by atoms with Crippen molar-refractivity contribution in [2.45, 2.75) is 32.6 Å². The van der Waals surface area contributed by atoms with Crippen LogP contribution in [-0.2, 0) is 0 Å². The molecule has 4 rings (SSSR count). The topological polar surface area (TPSA) is 59.4 Å². The van der Waals surface area contributed by atoms with E-state index >= 15 is 0 Å².